The minimum atomic E-state index is 0.0999. The summed E-state index contributed by atoms with van der Waals surface area (Å²) in [6.07, 6.45) is 0. The quantitative estimate of drug-likeness (QED) is 0.817. The van der Waals surface area contributed by atoms with E-state index in [2.05, 4.69) is 39.4 Å². The SMILES string of the molecule is CNC(C)c1nc(C2CN(C)CCN2C)no1. The van der Waals surface area contributed by atoms with E-state index in [1.165, 1.54) is 0 Å². The number of piperazine rings is 1. The minimum absolute atomic E-state index is 0.0999. The number of aromatic nitrogens is 2. The van der Waals surface area contributed by atoms with Gasteiger partial charge in [0, 0.05) is 19.6 Å². The summed E-state index contributed by atoms with van der Waals surface area (Å²) in [6, 6.07) is 0.332. The average molecular weight is 239 g/mol. The molecule has 0 radical (unpaired) electrons. The molecule has 1 saturated heterocycles. The number of nitrogens with one attached hydrogen (secondary N) is 1. The van der Waals surface area contributed by atoms with E-state index < -0.39 is 0 Å². The van der Waals surface area contributed by atoms with Gasteiger partial charge in [0.25, 0.3) is 0 Å². The highest BCUT2D eigenvalue weighted by Crippen LogP contribution is 2.22. The van der Waals surface area contributed by atoms with Crippen molar-refractivity contribution in [2.24, 2.45) is 0 Å². The van der Waals surface area contributed by atoms with Crippen molar-refractivity contribution in [1.29, 1.82) is 0 Å². The molecule has 1 fully saturated rings. The van der Waals surface area contributed by atoms with E-state index in [1.807, 2.05) is 14.0 Å². The smallest absolute Gasteiger partial charge is 0.243 e. The highest BCUT2D eigenvalue weighted by Gasteiger charge is 2.28. The second-order valence-corrected chi connectivity index (χ2v) is 4.76. The molecule has 1 N–H and O–H groups in total. The first-order chi connectivity index (χ1) is 8.11. The molecule has 96 valence electrons. The Morgan fingerprint density at radius 3 is 2.88 bits per heavy atom. The maximum atomic E-state index is 5.29. The summed E-state index contributed by atoms with van der Waals surface area (Å²) < 4.78 is 5.29. The van der Waals surface area contributed by atoms with Gasteiger partial charge in [-0.15, -0.1) is 0 Å². The lowest BCUT2D eigenvalue weighted by molar-refractivity contribution is 0.108. The van der Waals surface area contributed by atoms with E-state index in [4.69, 9.17) is 4.52 Å². The Morgan fingerprint density at radius 1 is 1.41 bits per heavy atom. The molecular formula is C11H21N5O. The van der Waals surface area contributed by atoms with Gasteiger partial charge in [-0.25, -0.2) is 0 Å². The van der Waals surface area contributed by atoms with Crippen LogP contribution in [0.3, 0.4) is 0 Å². The number of nitrogens with zero attached hydrogens (tertiary/aromatic N) is 4. The zero-order valence-electron chi connectivity index (χ0n) is 11.0. The molecule has 0 aliphatic carbocycles. The second kappa shape index (κ2) is 5.12. The summed E-state index contributed by atoms with van der Waals surface area (Å²) >= 11 is 0. The average Bonchev–Trinajstić information content (AvgIpc) is 2.80. The van der Waals surface area contributed by atoms with E-state index in [-0.39, 0.29) is 12.1 Å². The molecule has 1 aromatic rings. The van der Waals surface area contributed by atoms with Crippen molar-refractivity contribution >= 4 is 0 Å². The van der Waals surface area contributed by atoms with Crippen LogP contribution in [0, 0.1) is 0 Å². The van der Waals surface area contributed by atoms with Gasteiger partial charge in [0.05, 0.1) is 12.1 Å². The summed E-state index contributed by atoms with van der Waals surface area (Å²) in [5.41, 5.74) is 0. The summed E-state index contributed by atoms with van der Waals surface area (Å²) in [5.74, 6) is 1.44. The lowest BCUT2D eigenvalue weighted by Gasteiger charge is -2.35. The molecule has 6 heteroatoms. The monoisotopic (exact) mass is 239 g/mol. The number of hydrogen-bond donors (Lipinski definition) is 1. The molecule has 0 bridgehead atoms. The van der Waals surface area contributed by atoms with Crippen LogP contribution in [0.1, 0.15) is 30.7 Å². The number of rotatable bonds is 3. The second-order valence-electron chi connectivity index (χ2n) is 4.76. The molecule has 0 aromatic carbocycles. The third-order valence-electron chi connectivity index (χ3n) is 3.41. The lowest BCUT2D eigenvalue weighted by Crippen LogP contribution is -2.45. The van der Waals surface area contributed by atoms with Crippen LogP contribution in [0.25, 0.3) is 0 Å². The zero-order valence-corrected chi connectivity index (χ0v) is 11.0. The Kier molecular flexibility index (Phi) is 3.76. The third-order valence-corrected chi connectivity index (χ3v) is 3.41. The van der Waals surface area contributed by atoms with Crippen molar-refractivity contribution in [3.05, 3.63) is 11.7 Å². The molecule has 2 atom stereocenters. The Morgan fingerprint density at radius 2 is 2.18 bits per heavy atom. The maximum absolute atomic E-state index is 5.29. The fourth-order valence-electron chi connectivity index (χ4n) is 1.97. The summed E-state index contributed by atoms with van der Waals surface area (Å²) in [5, 5.41) is 7.20. The Balaban J connectivity index is 2.13. The van der Waals surface area contributed by atoms with Crippen molar-refractivity contribution in [2.75, 3.05) is 40.8 Å². The molecule has 2 heterocycles. The molecule has 6 nitrogen and oxygen atoms in total. The van der Waals surface area contributed by atoms with Gasteiger partial charge >= 0.3 is 0 Å². The van der Waals surface area contributed by atoms with Crippen molar-refractivity contribution in [3.63, 3.8) is 0 Å². The van der Waals surface area contributed by atoms with Crippen LogP contribution in [-0.2, 0) is 0 Å². The van der Waals surface area contributed by atoms with Crippen molar-refractivity contribution < 1.29 is 4.52 Å². The minimum Gasteiger partial charge on any atom is -0.338 e. The molecule has 1 aromatic heterocycles. The summed E-state index contributed by atoms with van der Waals surface area (Å²) in [7, 11) is 6.11. The van der Waals surface area contributed by atoms with Crippen LogP contribution in [0.15, 0.2) is 4.52 Å². The molecular weight excluding hydrogens is 218 g/mol. The maximum Gasteiger partial charge on any atom is 0.243 e. The first kappa shape index (κ1) is 12.5. The predicted octanol–water partition coefficient (Wildman–Crippen LogP) is 0.268. The molecule has 0 amide bonds. The van der Waals surface area contributed by atoms with E-state index in [0.717, 1.165) is 25.5 Å². The highest BCUT2D eigenvalue weighted by atomic mass is 16.5. The van der Waals surface area contributed by atoms with Crippen LogP contribution >= 0.6 is 0 Å². The Labute approximate surface area is 102 Å². The van der Waals surface area contributed by atoms with Gasteiger partial charge < -0.3 is 14.7 Å². The molecule has 1 aliphatic rings. The first-order valence-electron chi connectivity index (χ1n) is 6.01. The van der Waals surface area contributed by atoms with Crippen molar-refractivity contribution in [2.45, 2.75) is 19.0 Å². The summed E-state index contributed by atoms with van der Waals surface area (Å²) in [6.45, 7) is 5.08. The van der Waals surface area contributed by atoms with Crippen LogP contribution in [-0.4, -0.2) is 60.7 Å². The van der Waals surface area contributed by atoms with Crippen LogP contribution < -0.4 is 5.32 Å². The predicted molar refractivity (Wildman–Crippen MR) is 64.6 cm³/mol. The van der Waals surface area contributed by atoms with Crippen molar-refractivity contribution in [3.8, 4) is 0 Å². The van der Waals surface area contributed by atoms with Gasteiger partial charge in [-0.05, 0) is 28.1 Å². The van der Waals surface area contributed by atoms with Crippen molar-refractivity contribution in [1.82, 2.24) is 25.3 Å². The van der Waals surface area contributed by atoms with E-state index in [1.54, 1.807) is 0 Å². The van der Waals surface area contributed by atoms with Gasteiger partial charge in [0.1, 0.15) is 0 Å². The molecule has 17 heavy (non-hydrogen) atoms. The highest BCUT2D eigenvalue weighted by molar-refractivity contribution is 4.99. The third kappa shape index (κ3) is 2.65. The lowest BCUT2D eigenvalue weighted by atomic mass is 10.2. The molecule has 0 spiro atoms. The fourth-order valence-corrected chi connectivity index (χ4v) is 1.97. The van der Waals surface area contributed by atoms with Crippen LogP contribution in [0.5, 0.6) is 0 Å². The number of likely N-dealkylation sites (N-methyl/N-ethyl adjacent to an activating group) is 2. The van der Waals surface area contributed by atoms with Gasteiger partial charge in [-0.2, -0.15) is 4.98 Å². The van der Waals surface area contributed by atoms with Gasteiger partial charge in [-0.1, -0.05) is 5.16 Å². The number of hydrogen-bond acceptors (Lipinski definition) is 6. The van der Waals surface area contributed by atoms with Gasteiger partial charge in [0.15, 0.2) is 5.82 Å². The van der Waals surface area contributed by atoms with Crippen LogP contribution in [0.2, 0.25) is 0 Å². The van der Waals surface area contributed by atoms with E-state index in [9.17, 15) is 0 Å². The molecule has 2 unspecified atom stereocenters. The molecule has 1 aliphatic heterocycles. The molecule has 0 saturated carbocycles. The summed E-state index contributed by atoms with van der Waals surface area (Å²) in [4.78, 5) is 9.05. The van der Waals surface area contributed by atoms with E-state index >= 15 is 0 Å². The zero-order chi connectivity index (χ0) is 12.4. The standard InChI is InChI=1S/C11H21N5O/c1-8(12-2)11-13-10(14-17-11)9-7-15(3)5-6-16(9)4/h8-9,12H,5-7H2,1-4H3. The Bertz CT molecular complexity index is 366. The largest absolute Gasteiger partial charge is 0.338 e. The first-order valence-corrected chi connectivity index (χ1v) is 6.01. The topological polar surface area (TPSA) is 57.4 Å². The van der Waals surface area contributed by atoms with Gasteiger partial charge in [-0.3, -0.25) is 4.90 Å². The Hall–Kier alpha value is -0.980. The normalized spacial score (nSPS) is 25.1. The van der Waals surface area contributed by atoms with E-state index in [0.29, 0.717) is 5.89 Å². The van der Waals surface area contributed by atoms with Gasteiger partial charge in [0.2, 0.25) is 5.89 Å². The molecule has 2 rings (SSSR count). The fraction of sp³-hybridized carbons (Fsp3) is 0.818. The van der Waals surface area contributed by atoms with Crippen LogP contribution in [0.4, 0.5) is 0 Å².